The minimum Gasteiger partial charge on any atom is -0.366 e. The van der Waals surface area contributed by atoms with Gasteiger partial charge in [0.25, 0.3) is 5.91 Å². The molecule has 0 atom stereocenters. The highest BCUT2D eigenvalue weighted by Gasteiger charge is 2.14. The molecule has 2 heterocycles. The van der Waals surface area contributed by atoms with Gasteiger partial charge in [-0.25, -0.2) is 0 Å². The number of benzene rings is 2. The quantitative estimate of drug-likeness (QED) is 0.560. The van der Waals surface area contributed by atoms with Crippen LogP contribution in [-0.2, 0) is 13.6 Å². The monoisotopic (exact) mass is 374 g/mol. The SMILES string of the molecule is Cn1c(C(=O)NCc2ccc(C(N)=O)cc2)cc2ccc(-c3cnoc3)cc21. The minimum atomic E-state index is -0.475. The van der Waals surface area contributed by atoms with Crippen molar-refractivity contribution in [2.45, 2.75) is 6.54 Å². The van der Waals surface area contributed by atoms with Crippen LogP contribution < -0.4 is 11.1 Å². The number of primary amides is 1. The van der Waals surface area contributed by atoms with Crippen LogP contribution in [0.15, 0.2) is 65.5 Å². The van der Waals surface area contributed by atoms with E-state index in [1.165, 1.54) is 0 Å². The predicted molar refractivity (Wildman–Crippen MR) is 105 cm³/mol. The van der Waals surface area contributed by atoms with E-state index in [1.807, 2.05) is 35.9 Å². The second-order valence-electron chi connectivity index (χ2n) is 6.52. The Bertz CT molecular complexity index is 1160. The number of carbonyl (C=O) groups excluding carboxylic acids is 2. The molecule has 0 aliphatic rings. The number of aryl methyl sites for hydroxylation is 1. The van der Waals surface area contributed by atoms with Crippen LogP contribution in [-0.4, -0.2) is 21.5 Å². The third-order valence-corrected chi connectivity index (χ3v) is 4.74. The first-order chi connectivity index (χ1) is 13.5. The normalized spacial score (nSPS) is 10.9. The molecule has 0 bridgehead atoms. The van der Waals surface area contributed by atoms with Crippen molar-refractivity contribution in [3.8, 4) is 11.1 Å². The van der Waals surface area contributed by atoms with E-state index in [9.17, 15) is 9.59 Å². The van der Waals surface area contributed by atoms with Gasteiger partial charge in [-0.15, -0.1) is 0 Å². The zero-order valence-corrected chi connectivity index (χ0v) is 15.2. The number of hydrogen-bond acceptors (Lipinski definition) is 4. The van der Waals surface area contributed by atoms with Gasteiger partial charge in [0.05, 0.1) is 6.20 Å². The zero-order valence-electron chi connectivity index (χ0n) is 15.2. The fourth-order valence-electron chi connectivity index (χ4n) is 3.13. The van der Waals surface area contributed by atoms with Crippen LogP contribution in [0, 0.1) is 0 Å². The van der Waals surface area contributed by atoms with E-state index in [0.29, 0.717) is 17.8 Å². The Labute approximate surface area is 160 Å². The number of amides is 2. The van der Waals surface area contributed by atoms with Crippen LogP contribution >= 0.6 is 0 Å². The molecule has 2 aromatic heterocycles. The summed E-state index contributed by atoms with van der Waals surface area (Å²) >= 11 is 0. The molecule has 0 unspecified atom stereocenters. The van der Waals surface area contributed by atoms with Crippen molar-refractivity contribution in [3.05, 3.63) is 77.8 Å². The summed E-state index contributed by atoms with van der Waals surface area (Å²) in [5.41, 5.74) is 9.91. The maximum atomic E-state index is 12.7. The van der Waals surface area contributed by atoms with E-state index < -0.39 is 5.91 Å². The lowest BCUT2D eigenvalue weighted by molar-refractivity contribution is 0.0941. The lowest BCUT2D eigenvalue weighted by atomic mass is 10.1. The number of carbonyl (C=O) groups is 2. The second kappa shape index (κ2) is 7.03. The summed E-state index contributed by atoms with van der Waals surface area (Å²) in [4.78, 5) is 23.8. The first-order valence-electron chi connectivity index (χ1n) is 8.69. The van der Waals surface area contributed by atoms with Crippen molar-refractivity contribution < 1.29 is 14.1 Å². The molecule has 3 N–H and O–H groups in total. The average Bonchev–Trinajstić information content (AvgIpc) is 3.35. The molecule has 4 aromatic rings. The number of nitrogens with two attached hydrogens (primary N) is 1. The lowest BCUT2D eigenvalue weighted by Crippen LogP contribution is -2.24. The van der Waals surface area contributed by atoms with Gasteiger partial charge in [0.2, 0.25) is 5.91 Å². The molecule has 0 aliphatic carbocycles. The van der Waals surface area contributed by atoms with Gasteiger partial charge >= 0.3 is 0 Å². The Balaban J connectivity index is 1.54. The Morgan fingerprint density at radius 3 is 2.57 bits per heavy atom. The number of hydrogen-bond donors (Lipinski definition) is 2. The molecular weight excluding hydrogens is 356 g/mol. The van der Waals surface area contributed by atoms with Crippen molar-refractivity contribution in [3.63, 3.8) is 0 Å². The maximum Gasteiger partial charge on any atom is 0.268 e. The van der Waals surface area contributed by atoms with Gasteiger partial charge in [0.15, 0.2) is 0 Å². The number of aromatic nitrogens is 2. The minimum absolute atomic E-state index is 0.177. The summed E-state index contributed by atoms with van der Waals surface area (Å²) in [6.45, 7) is 0.353. The molecule has 2 aromatic carbocycles. The van der Waals surface area contributed by atoms with Gasteiger partial charge in [-0.05, 0) is 35.4 Å². The molecule has 28 heavy (non-hydrogen) atoms. The Morgan fingerprint density at radius 2 is 1.89 bits per heavy atom. The smallest absolute Gasteiger partial charge is 0.268 e. The average molecular weight is 374 g/mol. The first kappa shape index (κ1) is 17.5. The van der Waals surface area contributed by atoms with Gasteiger partial charge in [-0.1, -0.05) is 29.4 Å². The molecule has 7 heteroatoms. The molecule has 4 rings (SSSR count). The molecular formula is C21H18N4O3. The molecule has 0 saturated heterocycles. The molecule has 140 valence electrons. The first-order valence-corrected chi connectivity index (χ1v) is 8.69. The summed E-state index contributed by atoms with van der Waals surface area (Å²) in [6, 6.07) is 14.6. The van der Waals surface area contributed by atoms with Gasteiger partial charge in [-0.2, -0.15) is 0 Å². The number of fused-ring (bicyclic) bond motifs is 1. The summed E-state index contributed by atoms with van der Waals surface area (Å²) < 4.78 is 6.76. The third-order valence-electron chi connectivity index (χ3n) is 4.74. The van der Waals surface area contributed by atoms with Crippen LogP contribution in [0.2, 0.25) is 0 Å². The summed E-state index contributed by atoms with van der Waals surface area (Å²) in [7, 11) is 1.86. The van der Waals surface area contributed by atoms with Crippen molar-refractivity contribution in [2.75, 3.05) is 0 Å². The lowest BCUT2D eigenvalue weighted by Gasteiger charge is -2.07. The van der Waals surface area contributed by atoms with Crippen LogP contribution in [0.4, 0.5) is 0 Å². The predicted octanol–water partition coefficient (Wildman–Crippen LogP) is 2.86. The van der Waals surface area contributed by atoms with Crippen molar-refractivity contribution in [1.29, 1.82) is 0 Å². The second-order valence-corrected chi connectivity index (χ2v) is 6.52. The van der Waals surface area contributed by atoms with Crippen LogP contribution in [0.25, 0.3) is 22.0 Å². The van der Waals surface area contributed by atoms with Crippen molar-refractivity contribution >= 4 is 22.7 Å². The summed E-state index contributed by atoms with van der Waals surface area (Å²) in [5.74, 6) is -0.652. The van der Waals surface area contributed by atoms with Crippen molar-refractivity contribution in [2.24, 2.45) is 12.8 Å². The number of rotatable bonds is 5. The van der Waals surface area contributed by atoms with E-state index in [2.05, 4.69) is 10.5 Å². The Hall–Kier alpha value is -3.87. The number of nitrogens with one attached hydrogen (secondary N) is 1. The van der Waals surface area contributed by atoms with Crippen LogP contribution in [0.3, 0.4) is 0 Å². The Kier molecular flexibility index (Phi) is 4.41. The maximum absolute atomic E-state index is 12.7. The highest BCUT2D eigenvalue weighted by atomic mass is 16.5. The molecule has 7 nitrogen and oxygen atoms in total. The fraction of sp³-hybridized carbons (Fsp3) is 0.0952. The van der Waals surface area contributed by atoms with Crippen molar-refractivity contribution in [1.82, 2.24) is 15.0 Å². The van der Waals surface area contributed by atoms with E-state index in [1.54, 1.807) is 36.7 Å². The van der Waals surface area contributed by atoms with Gasteiger partial charge < -0.3 is 20.1 Å². The third kappa shape index (κ3) is 3.25. The highest BCUT2D eigenvalue weighted by Crippen LogP contribution is 2.26. The van der Waals surface area contributed by atoms with Crippen LogP contribution in [0.5, 0.6) is 0 Å². The fourth-order valence-corrected chi connectivity index (χ4v) is 3.13. The largest absolute Gasteiger partial charge is 0.366 e. The molecule has 0 radical (unpaired) electrons. The standard InChI is InChI=1S/C21H18N4O3/c1-25-18-8-15(17-11-24-28-12-17)6-7-16(18)9-19(25)21(27)23-10-13-2-4-14(5-3-13)20(22)26/h2-9,11-12H,10H2,1H3,(H2,22,26)(H,23,27). The summed E-state index contributed by atoms with van der Waals surface area (Å²) in [6.07, 6.45) is 3.24. The van der Waals surface area contributed by atoms with Crippen LogP contribution in [0.1, 0.15) is 26.4 Å². The highest BCUT2D eigenvalue weighted by molar-refractivity contribution is 5.99. The van der Waals surface area contributed by atoms with E-state index in [4.69, 9.17) is 10.3 Å². The molecule has 0 spiro atoms. The molecule has 2 amide bonds. The zero-order chi connectivity index (χ0) is 19.7. The Morgan fingerprint density at radius 1 is 1.11 bits per heavy atom. The van der Waals surface area contributed by atoms with E-state index in [0.717, 1.165) is 27.6 Å². The molecule has 0 aliphatic heterocycles. The van der Waals surface area contributed by atoms with Gasteiger partial charge in [-0.3, -0.25) is 9.59 Å². The topological polar surface area (TPSA) is 103 Å². The summed E-state index contributed by atoms with van der Waals surface area (Å²) in [5, 5.41) is 7.61. The van der Waals surface area contributed by atoms with E-state index in [-0.39, 0.29) is 5.91 Å². The molecule has 0 fully saturated rings. The van der Waals surface area contributed by atoms with Gasteiger partial charge in [0, 0.05) is 35.6 Å². The van der Waals surface area contributed by atoms with Gasteiger partial charge in [0.1, 0.15) is 12.0 Å². The molecule has 0 saturated carbocycles. The number of nitrogens with zero attached hydrogens (tertiary/aromatic N) is 2. The van der Waals surface area contributed by atoms with E-state index >= 15 is 0 Å².